The van der Waals surface area contributed by atoms with Gasteiger partial charge in [-0.25, -0.2) is 13.2 Å². The number of sulfonamides is 1. The molecular formula is C21H30N4O5S. The molecule has 1 aromatic rings. The van der Waals surface area contributed by atoms with Crippen molar-refractivity contribution in [2.45, 2.75) is 57.4 Å². The first-order valence-electron chi connectivity index (χ1n) is 10.6. The highest BCUT2D eigenvalue weighted by molar-refractivity contribution is 7.89. The van der Waals surface area contributed by atoms with Crippen molar-refractivity contribution in [1.29, 1.82) is 0 Å². The molecule has 2 aliphatic rings. The number of carbonyl (C=O) groups is 3. The molecule has 4 amide bonds. The lowest BCUT2D eigenvalue weighted by Crippen LogP contribution is -2.38. The number of piperidine rings is 1. The van der Waals surface area contributed by atoms with Crippen LogP contribution in [0.5, 0.6) is 0 Å². The highest BCUT2D eigenvalue weighted by Crippen LogP contribution is 2.26. The van der Waals surface area contributed by atoms with Crippen LogP contribution in [0.25, 0.3) is 0 Å². The van der Waals surface area contributed by atoms with E-state index in [-0.39, 0.29) is 10.8 Å². The van der Waals surface area contributed by atoms with Crippen LogP contribution in [0.3, 0.4) is 0 Å². The second-order valence-corrected chi connectivity index (χ2v) is 10.5. The Morgan fingerprint density at radius 3 is 2.52 bits per heavy atom. The molecule has 1 unspecified atom stereocenters. The molecule has 3 rings (SSSR count). The number of urea groups is 1. The van der Waals surface area contributed by atoms with Crippen molar-refractivity contribution in [3.8, 4) is 0 Å². The Bertz CT molecular complexity index is 970. The van der Waals surface area contributed by atoms with Gasteiger partial charge in [-0.05, 0) is 49.8 Å². The molecular weight excluding hydrogens is 420 g/mol. The molecule has 0 aliphatic carbocycles. The zero-order chi connectivity index (χ0) is 22.8. The van der Waals surface area contributed by atoms with Crippen molar-refractivity contribution in [3.63, 3.8) is 0 Å². The molecule has 1 atom stereocenters. The number of carbonyl (C=O) groups excluding carboxylic acids is 3. The molecule has 9 nitrogen and oxygen atoms in total. The predicted molar refractivity (Wildman–Crippen MR) is 116 cm³/mol. The van der Waals surface area contributed by atoms with Crippen molar-refractivity contribution in [2.24, 2.45) is 5.92 Å². The van der Waals surface area contributed by atoms with Gasteiger partial charge in [0.05, 0.1) is 4.90 Å². The van der Waals surface area contributed by atoms with Crippen LogP contribution in [0.1, 0.15) is 45.1 Å². The van der Waals surface area contributed by atoms with Crippen molar-refractivity contribution >= 4 is 33.6 Å². The molecule has 170 valence electrons. The number of nitrogens with one attached hydrogen (secondary N) is 2. The van der Waals surface area contributed by atoms with Crippen LogP contribution < -0.4 is 10.6 Å². The van der Waals surface area contributed by atoms with Gasteiger partial charge in [0.1, 0.15) is 12.6 Å². The monoisotopic (exact) mass is 450 g/mol. The lowest BCUT2D eigenvalue weighted by Gasteiger charge is -2.26. The third-order valence-electron chi connectivity index (χ3n) is 5.52. The summed E-state index contributed by atoms with van der Waals surface area (Å²) in [5, 5.41) is 5.21. The minimum Gasteiger partial charge on any atom is -0.326 e. The number of aryl methyl sites for hydroxylation is 1. The second kappa shape index (κ2) is 9.35. The van der Waals surface area contributed by atoms with Crippen LogP contribution in [-0.4, -0.2) is 61.1 Å². The first-order chi connectivity index (χ1) is 14.6. The maximum atomic E-state index is 13.0. The summed E-state index contributed by atoms with van der Waals surface area (Å²) in [6.45, 7) is 6.15. The average molecular weight is 451 g/mol. The normalized spacial score (nSPS) is 20.3. The number of amides is 4. The van der Waals surface area contributed by atoms with E-state index >= 15 is 0 Å². The molecule has 10 heteroatoms. The maximum Gasteiger partial charge on any atom is 0.325 e. The molecule has 2 fully saturated rings. The molecule has 2 saturated heterocycles. The predicted octanol–water partition coefficient (Wildman–Crippen LogP) is 2.07. The van der Waals surface area contributed by atoms with Gasteiger partial charge in [0.2, 0.25) is 15.9 Å². The Kier molecular flexibility index (Phi) is 7.00. The van der Waals surface area contributed by atoms with Crippen LogP contribution in [0.15, 0.2) is 23.1 Å². The van der Waals surface area contributed by atoms with Crippen LogP contribution in [0.4, 0.5) is 10.5 Å². The molecule has 0 spiro atoms. The molecule has 1 aromatic carbocycles. The van der Waals surface area contributed by atoms with E-state index in [2.05, 4.69) is 10.6 Å². The van der Waals surface area contributed by atoms with E-state index in [1.807, 2.05) is 13.8 Å². The van der Waals surface area contributed by atoms with Gasteiger partial charge in [-0.2, -0.15) is 4.31 Å². The average Bonchev–Trinajstić information content (AvgIpc) is 2.96. The van der Waals surface area contributed by atoms with E-state index in [1.165, 1.54) is 10.4 Å². The van der Waals surface area contributed by atoms with Gasteiger partial charge in [-0.1, -0.05) is 26.3 Å². The molecule has 0 aromatic heterocycles. The number of nitrogens with zero attached hydrogens (tertiary/aromatic N) is 2. The zero-order valence-electron chi connectivity index (χ0n) is 18.2. The quantitative estimate of drug-likeness (QED) is 0.617. The van der Waals surface area contributed by atoms with E-state index in [9.17, 15) is 22.8 Å². The van der Waals surface area contributed by atoms with Gasteiger partial charge in [0, 0.05) is 18.8 Å². The number of benzene rings is 1. The molecule has 2 aliphatic heterocycles. The van der Waals surface area contributed by atoms with E-state index in [0.29, 0.717) is 30.8 Å². The third kappa shape index (κ3) is 5.24. The highest BCUT2D eigenvalue weighted by Gasteiger charge is 2.39. The van der Waals surface area contributed by atoms with Crippen LogP contribution in [-0.2, 0) is 19.6 Å². The summed E-state index contributed by atoms with van der Waals surface area (Å²) in [5.74, 6) is -0.777. The van der Waals surface area contributed by atoms with E-state index < -0.39 is 40.5 Å². The van der Waals surface area contributed by atoms with Crippen LogP contribution >= 0.6 is 0 Å². The Morgan fingerprint density at radius 2 is 1.87 bits per heavy atom. The third-order valence-corrected chi connectivity index (χ3v) is 7.56. The Balaban J connectivity index is 1.70. The first kappa shape index (κ1) is 23.2. The lowest BCUT2D eigenvalue weighted by atomic mass is 10.0. The Hall–Kier alpha value is -2.46. The molecule has 0 saturated carbocycles. The molecule has 31 heavy (non-hydrogen) atoms. The Morgan fingerprint density at radius 1 is 1.19 bits per heavy atom. The van der Waals surface area contributed by atoms with Gasteiger partial charge in [-0.15, -0.1) is 0 Å². The minimum atomic E-state index is -3.66. The fourth-order valence-corrected chi connectivity index (χ4v) is 5.67. The SMILES string of the molecule is Cc1ccc(NC(=O)CN2C(=O)NC(CC(C)C)C2=O)cc1S(=O)(=O)N1CCCCC1. The van der Waals surface area contributed by atoms with Crippen LogP contribution in [0.2, 0.25) is 0 Å². The maximum absolute atomic E-state index is 13.0. The Labute approximate surface area is 183 Å². The lowest BCUT2D eigenvalue weighted by molar-refractivity contribution is -0.131. The van der Waals surface area contributed by atoms with Crippen molar-refractivity contribution < 1.29 is 22.8 Å². The van der Waals surface area contributed by atoms with Crippen molar-refractivity contribution in [3.05, 3.63) is 23.8 Å². The number of rotatable bonds is 7. The van der Waals surface area contributed by atoms with E-state index in [4.69, 9.17) is 0 Å². The molecule has 2 heterocycles. The summed E-state index contributed by atoms with van der Waals surface area (Å²) < 4.78 is 27.6. The van der Waals surface area contributed by atoms with Crippen LogP contribution in [0, 0.1) is 12.8 Å². The summed E-state index contributed by atoms with van der Waals surface area (Å²) in [6, 6.07) is 3.46. The summed E-state index contributed by atoms with van der Waals surface area (Å²) in [5.41, 5.74) is 0.895. The van der Waals surface area contributed by atoms with Gasteiger partial charge < -0.3 is 10.6 Å². The number of hydrogen-bond acceptors (Lipinski definition) is 5. The first-order valence-corrected chi connectivity index (χ1v) is 12.1. The largest absolute Gasteiger partial charge is 0.326 e. The topological polar surface area (TPSA) is 116 Å². The summed E-state index contributed by atoms with van der Waals surface area (Å²) in [4.78, 5) is 38.1. The standard InChI is InChI=1S/C21H30N4O5S/c1-14(2)11-17-20(27)25(21(28)23-17)13-19(26)22-16-8-7-15(3)18(12-16)31(29,30)24-9-5-4-6-10-24/h7-8,12,14,17H,4-6,9-11,13H2,1-3H3,(H,22,26)(H,23,28). The fraction of sp³-hybridized carbons (Fsp3) is 0.571. The second-order valence-electron chi connectivity index (χ2n) is 8.55. The smallest absolute Gasteiger partial charge is 0.325 e. The molecule has 0 bridgehead atoms. The number of anilines is 1. The van der Waals surface area contributed by atoms with Gasteiger partial charge in [-0.3, -0.25) is 14.5 Å². The summed E-state index contributed by atoms with van der Waals surface area (Å²) in [7, 11) is -3.66. The van der Waals surface area contributed by atoms with E-state index in [0.717, 1.165) is 24.2 Å². The number of hydrogen-bond donors (Lipinski definition) is 2. The summed E-state index contributed by atoms with van der Waals surface area (Å²) in [6.07, 6.45) is 3.18. The highest BCUT2D eigenvalue weighted by atomic mass is 32.2. The summed E-state index contributed by atoms with van der Waals surface area (Å²) >= 11 is 0. The zero-order valence-corrected chi connectivity index (χ0v) is 19.0. The van der Waals surface area contributed by atoms with Gasteiger partial charge in [0.25, 0.3) is 5.91 Å². The van der Waals surface area contributed by atoms with E-state index in [1.54, 1.807) is 19.1 Å². The van der Waals surface area contributed by atoms with Gasteiger partial charge in [0.15, 0.2) is 0 Å². The van der Waals surface area contributed by atoms with Crippen molar-refractivity contribution in [2.75, 3.05) is 25.0 Å². The minimum absolute atomic E-state index is 0.152. The molecule has 2 N–H and O–H groups in total. The van der Waals surface area contributed by atoms with Crippen molar-refractivity contribution in [1.82, 2.24) is 14.5 Å². The van der Waals surface area contributed by atoms with Gasteiger partial charge >= 0.3 is 6.03 Å². The fourth-order valence-electron chi connectivity index (χ4n) is 3.90. The molecule has 0 radical (unpaired) electrons. The number of imide groups is 1.